The van der Waals surface area contributed by atoms with Gasteiger partial charge in [-0.05, 0) is 35.9 Å². The summed E-state index contributed by atoms with van der Waals surface area (Å²) in [5.74, 6) is 1.64. The van der Waals surface area contributed by atoms with E-state index in [1.165, 1.54) is 5.39 Å². The molecule has 0 N–H and O–H groups in total. The predicted molar refractivity (Wildman–Crippen MR) is 124 cm³/mol. The van der Waals surface area contributed by atoms with Crippen LogP contribution in [0, 0.1) is 5.92 Å². The number of pyridine rings is 1. The van der Waals surface area contributed by atoms with E-state index in [1.807, 2.05) is 35.4 Å². The fourth-order valence-corrected chi connectivity index (χ4v) is 4.20. The number of anilines is 1. The first-order valence-corrected chi connectivity index (χ1v) is 10.9. The molecule has 2 fully saturated rings. The predicted octanol–water partition coefficient (Wildman–Crippen LogP) is 5.12. The van der Waals surface area contributed by atoms with Crippen LogP contribution in [0.1, 0.15) is 24.0 Å². The van der Waals surface area contributed by atoms with Crippen LogP contribution in [-0.4, -0.2) is 42.0 Å². The molecule has 1 aromatic heterocycles. The topological polar surface area (TPSA) is 36.4 Å². The van der Waals surface area contributed by atoms with Crippen molar-refractivity contribution < 1.29 is 4.79 Å². The molecule has 0 bridgehead atoms. The van der Waals surface area contributed by atoms with Gasteiger partial charge in [0.2, 0.25) is 5.91 Å². The van der Waals surface area contributed by atoms with Gasteiger partial charge in [0.1, 0.15) is 5.82 Å². The van der Waals surface area contributed by atoms with E-state index in [2.05, 4.69) is 41.3 Å². The maximum atomic E-state index is 12.3. The highest BCUT2D eigenvalue weighted by molar-refractivity contribution is 6.30. The fourth-order valence-electron chi connectivity index (χ4n) is 4.07. The molecule has 5 rings (SSSR count). The quantitative estimate of drug-likeness (QED) is 0.591. The molecule has 5 heteroatoms. The number of hydrogen-bond acceptors (Lipinski definition) is 3. The van der Waals surface area contributed by atoms with E-state index in [0.717, 1.165) is 66.4 Å². The Bertz CT molecular complexity index is 1100. The third-order valence-corrected chi connectivity index (χ3v) is 6.20. The average molecular weight is 418 g/mol. The van der Waals surface area contributed by atoms with E-state index in [4.69, 9.17) is 16.6 Å². The molecule has 2 aromatic carbocycles. The van der Waals surface area contributed by atoms with Crippen molar-refractivity contribution in [1.29, 1.82) is 0 Å². The van der Waals surface area contributed by atoms with Crippen LogP contribution in [0.4, 0.5) is 5.82 Å². The maximum absolute atomic E-state index is 12.3. The van der Waals surface area contributed by atoms with E-state index in [1.54, 1.807) is 0 Å². The van der Waals surface area contributed by atoms with Crippen LogP contribution in [0.25, 0.3) is 22.9 Å². The molecule has 152 valence electrons. The van der Waals surface area contributed by atoms with E-state index < -0.39 is 0 Å². The minimum atomic E-state index is 0.294. The Kier molecular flexibility index (Phi) is 5.17. The first-order chi connectivity index (χ1) is 14.7. The third-order valence-electron chi connectivity index (χ3n) is 5.95. The lowest BCUT2D eigenvalue weighted by Crippen LogP contribution is -2.49. The molecule has 0 radical (unpaired) electrons. The summed E-state index contributed by atoms with van der Waals surface area (Å²) in [5.41, 5.74) is 2.19. The van der Waals surface area contributed by atoms with Crippen molar-refractivity contribution in [3.8, 4) is 0 Å². The van der Waals surface area contributed by atoms with Crippen LogP contribution in [0.2, 0.25) is 5.02 Å². The molecule has 1 amide bonds. The van der Waals surface area contributed by atoms with Crippen LogP contribution in [0.15, 0.2) is 54.7 Å². The number of halogens is 1. The zero-order valence-electron chi connectivity index (χ0n) is 16.8. The van der Waals surface area contributed by atoms with Crippen LogP contribution in [-0.2, 0) is 4.79 Å². The number of benzene rings is 2. The summed E-state index contributed by atoms with van der Waals surface area (Å²) in [4.78, 5) is 21.5. The molecule has 2 aliphatic rings. The fraction of sp³-hybridized carbons (Fsp3) is 0.280. The number of hydrogen-bond donors (Lipinski definition) is 0. The summed E-state index contributed by atoms with van der Waals surface area (Å²) in [5, 5.41) is 3.07. The molecule has 2 heterocycles. The normalized spacial score (nSPS) is 17.1. The molecule has 1 aliphatic heterocycles. The van der Waals surface area contributed by atoms with Gasteiger partial charge < -0.3 is 9.80 Å². The van der Waals surface area contributed by atoms with Crippen molar-refractivity contribution in [3.05, 3.63) is 70.9 Å². The molecular formula is C25H24ClN3O. The number of amides is 1. The Morgan fingerprint density at radius 3 is 2.33 bits per heavy atom. The second-order valence-corrected chi connectivity index (χ2v) is 8.49. The first-order valence-electron chi connectivity index (χ1n) is 10.5. The number of nitrogens with zero attached hydrogens (tertiary/aromatic N) is 3. The number of carbonyl (C=O) groups is 1. The van der Waals surface area contributed by atoms with Crippen molar-refractivity contribution in [1.82, 2.24) is 9.88 Å². The number of fused-ring (bicyclic) bond motifs is 1. The van der Waals surface area contributed by atoms with Crippen molar-refractivity contribution in [2.45, 2.75) is 12.8 Å². The molecule has 0 atom stereocenters. The standard InChI is InChI=1S/C25H24ClN3O/c26-21-11-6-18(7-12-21)5-8-20-17-27-24(23-4-2-1-3-22(20)23)28-13-15-29(16-14-28)25(30)19-9-10-19/h1-8,11-12,17,19H,9-10,13-16H2/b8-5+. The minimum Gasteiger partial charge on any atom is -0.353 e. The Morgan fingerprint density at radius 2 is 1.63 bits per heavy atom. The molecule has 0 spiro atoms. The zero-order valence-corrected chi connectivity index (χ0v) is 17.6. The smallest absolute Gasteiger partial charge is 0.225 e. The molecule has 3 aromatic rings. The van der Waals surface area contributed by atoms with Gasteiger partial charge in [-0.3, -0.25) is 4.79 Å². The van der Waals surface area contributed by atoms with Crippen molar-refractivity contribution in [3.63, 3.8) is 0 Å². The van der Waals surface area contributed by atoms with Gasteiger partial charge in [-0.1, -0.05) is 60.2 Å². The van der Waals surface area contributed by atoms with Crippen LogP contribution >= 0.6 is 11.6 Å². The number of carbonyl (C=O) groups excluding carboxylic acids is 1. The average Bonchev–Trinajstić information content (AvgIpc) is 3.64. The van der Waals surface area contributed by atoms with Crippen molar-refractivity contribution in [2.75, 3.05) is 31.1 Å². The van der Waals surface area contributed by atoms with Crippen LogP contribution in [0.3, 0.4) is 0 Å². The van der Waals surface area contributed by atoms with Gasteiger partial charge in [0.05, 0.1) is 0 Å². The SMILES string of the molecule is O=C(C1CC1)N1CCN(c2ncc(/C=C/c3ccc(Cl)cc3)c3ccccc23)CC1. The van der Waals surface area contributed by atoms with Gasteiger partial charge in [-0.25, -0.2) is 4.98 Å². The number of aromatic nitrogens is 1. The molecule has 4 nitrogen and oxygen atoms in total. The summed E-state index contributed by atoms with van der Waals surface area (Å²) in [6.07, 6.45) is 8.27. The molecule has 0 unspecified atom stereocenters. The summed E-state index contributed by atoms with van der Waals surface area (Å²) in [6, 6.07) is 16.2. The van der Waals surface area contributed by atoms with Crippen LogP contribution in [0.5, 0.6) is 0 Å². The monoisotopic (exact) mass is 417 g/mol. The third kappa shape index (κ3) is 3.92. The molecule has 30 heavy (non-hydrogen) atoms. The van der Waals surface area contributed by atoms with Gasteiger partial charge >= 0.3 is 0 Å². The van der Waals surface area contributed by atoms with Gasteiger partial charge in [0.15, 0.2) is 0 Å². The van der Waals surface area contributed by atoms with Crippen molar-refractivity contribution in [2.24, 2.45) is 5.92 Å². The maximum Gasteiger partial charge on any atom is 0.225 e. The lowest BCUT2D eigenvalue weighted by atomic mass is 10.0. The van der Waals surface area contributed by atoms with E-state index >= 15 is 0 Å². The Labute approximate surface area is 181 Å². The molecule has 1 aliphatic carbocycles. The highest BCUT2D eigenvalue weighted by Crippen LogP contribution is 2.32. The molecular weight excluding hydrogens is 394 g/mol. The summed E-state index contributed by atoms with van der Waals surface area (Å²) < 4.78 is 0. The van der Waals surface area contributed by atoms with Gasteiger partial charge in [-0.15, -0.1) is 0 Å². The number of piperazine rings is 1. The van der Waals surface area contributed by atoms with Crippen LogP contribution < -0.4 is 4.90 Å². The minimum absolute atomic E-state index is 0.294. The lowest BCUT2D eigenvalue weighted by Gasteiger charge is -2.36. The van der Waals surface area contributed by atoms with E-state index in [9.17, 15) is 4.79 Å². The lowest BCUT2D eigenvalue weighted by molar-refractivity contribution is -0.132. The number of rotatable bonds is 4. The molecule has 1 saturated heterocycles. The zero-order chi connectivity index (χ0) is 20.5. The Hall–Kier alpha value is -2.85. The Balaban J connectivity index is 1.39. The highest BCUT2D eigenvalue weighted by Gasteiger charge is 2.34. The Morgan fingerprint density at radius 1 is 0.933 bits per heavy atom. The largest absolute Gasteiger partial charge is 0.353 e. The van der Waals surface area contributed by atoms with Crippen molar-refractivity contribution >= 4 is 46.3 Å². The van der Waals surface area contributed by atoms with Gasteiger partial charge in [-0.2, -0.15) is 0 Å². The summed E-state index contributed by atoms with van der Waals surface area (Å²) in [7, 11) is 0. The summed E-state index contributed by atoms with van der Waals surface area (Å²) in [6.45, 7) is 3.22. The van der Waals surface area contributed by atoms with E-state index in [0.29, 0.717) is 11.8 Å². The first kappa shape index (κ1) is 19.1. The van der Waals surface area contributed by atoms with Gasteiger partial charge in [0, 0.05) is 54.3 Å². The second-order valence-electron chi connectivity index (χ2n) is 8.05. The highest BCUT2D eigenvalue weighted by atomic mass is 35.5. The molecule has 1 saturated carbocycles. The van der Waals surface area contributed by atoms with Gasteiger partial charge in [0.25, 0.3) is 0 Å². The van der Waals surface area contributed by atoms with E-state index in [-0.39, 0.29) is 0 Å². The summed E-state index contributed by atoms with van der Waals surface area (Å²) >= 11 is 5.98. The second kappa shape index (κ2) is 8.11.